The van der Waals surface area contributed by atoms with Gasteiger partial charge >= 0.3 is 6.09 Å². The molecule has 15 heavy (non-hydrogen) atoms. The van der Waals surface area contributed by atoms with Crippen LogP contribution in [0.15, 0.2) is 0 Å². The molecule has 0 rings (SSSR count). The van der Waals surface area contributed by atoms with E-state index >= 15 is 0 Å². The van der Waals surface area contributed by atoms with Gasteiger partial charge in [-0.15, -0.1) is 0 Å². The van der Waals surface area contributed by atoms with Crippen LogP contribution in [0.4, 0.5) is 4.79 Å². The maximum absolute atomic E-state index is 11.2. The van der Waals surface area contributed by atoms with E-state index in [2.05, 4.69) is 16.0 Å². The number of carbonyl (C=O) groups excluding carboxylic acids is 2. The molecule has 0 aliphatic heterocycles. The minimum atomic E-state index is -1.14. The Hall–Kier alpha value is -1.79. The minimum Gasteiger partial charge on any atom is -0.465 e. The summed E-state index contributed by atoms with van der Waals surface area (Å²) in [5.74, 6) is -0.640. The third-order valence-corrected chi connectivity index (χ3v) is 1.51. The van der Waals surface area contributed by atoms with E-state index in [9.17, 15) is 14.4 Å². The fraction of sp³-hybridized carbons (Fsp3) is 0.625. The molecule has 0 bridgehead atoms. The quantitative estimate of drug-likeness (QED) is 0.438. The van der Waals surface area contributed by atoms with Crippen molar-refractivity contribution in [3.8, 4) is 0 Å². The Labute approximate surface area is 87.2 Å². The summed E-state index contributed by atoms with van der Waals surface area (Å²) in [5.41, 5.74) is 0. The highest BCUT2D eigenvalue weighted by Gasteiger charge is 2.12. The molecule has 0 aromatic carbocycles. The monoisotopic (exact) mass is 217 g/mol. The predicted molar refractivity (Wildman–Crippen MR) is 52.3 cm³/mol. The third-order valence-electron chi connectivity index (χ3n) is 1.51. The van der Waals surface area contributed by atoms with E-state index in [0.717, 1.165) is 0 Å². The first-order valence-electron chi connectivity index (χ1n) is 4.45. The van der Waals surface area contributed by atoms with Crippen molar-refractivity contribution < 1.29 is 19.5 Å². The van der Waals surface area contributed by atoms with E-state index in [1.165, 1.54) is 6.92 Å². The van der Waals surface area contributed by atoms with Gasteiger partial charge in [0.2, 0.25) is 11.8 Å². The molecule has 0 aliphatic rings. The van der Waals surface area contributed by atoms with Gasteiger partial charge in [0.25, 0.3) is 0 Å². The SMILES string of the molecule is CC(=O)NC(C)C(=O)NCCNC(=O)O. The summed E-state index contributed by atoms with van der Waals surface area (Å²) in [4.78, 5) is 31.9. The molecule has 1 unspecified atom stereocenters. The summed E-state index contributed by atoms with van der Waals surface area (Å²) in [7, 11) is 0. The molecule has 0 radical (unpaired) electrons. The fourth-order valence-electron chi connectivity index (χ4n) is 0.879. The van der Waals surface area contributed by atoms with E-state index in [1.807, 2.05) is 0 Å². The first-order chi connectivity index (χ1) is 6.93. The molecular weight excluding hydrogens is 202 g/mol. The average Bonchev–Trinajstić information content (AvgIpc) is 2.10. The molecule has 7 heteroatoms. The van der Waals surface area contributed by atoms with Gasteiger partial charge < -0.3 is 21.1 Å². The van der Waals surface area contributed by atoms with Gasteiger partial charge in [-0.05, 0) is 6.92 Å². The molecular formula is C8H15N3O4. The number of hydrogen-bond acceptors (Lipinski definition) is 3. The zero-order valence-electron chi connectivity index (χ0n) is 8.66. The molecule has 4 N–H and O–H groups in total. The van der Waals surface area contributed by atoms with Gasteiger partial charge in [-0.3, -0.25) is 9.59 Å². The zero-order valence-corrected chi connectivity index (χ0v) is 8.66. The van der Waals surface area contributed by atoms with E-state index in [1.54, 1.807) is 6.92 Å². The highest BCUT2D eigenvalue weighted by atomic mass is 16.4. The molecule has 0 fully saturated rings. The van der Waals surface area contributed by atoms with Crippen LogP contribution in [0, 0.1) is 0 Å². The molecule has 0 aromatic heterocycles. The molecule has 3 amide bonds. The highest BCUT2D eigenvalue weighted by Crippen LogP contribution is 1.80. The van der Waals surface area contributed by atoms with E-state index in [4.69, 9.17) is 5.11 Å². The molecule has 0 aliphatic carbocycles. The summed E-state index contributed by atoms with van der Waals surface area (Å²) in [6.45, 7) is 3.18. The third kappa shape index (κ3) is 7.29. The van der Waals surface area contributed by atoms with Crippen LogP contribution in [0.3, 0.4) is 0 Å². The zero-order chi connectivity index (χ0) is 11.8. The van der Waals surface area contributed by atoms with Crippen molar-refractivity contribution in [1.82, 2.24) is 16.0 Å². The van der Waals surface area contributed by atoms with E-state index in [-0.39, 0.29) is 24.9 Å². The molecule has 7 nitrogen and oxygen atoms in total. The topological polar surface area (TPSA) is 108 Å². The summed E-state index contributed by atoms with van der Waals surface area (Å²) in [5, 5.41) is 15.2. The van der Waals surface area contributed by atoms with Crippen molar-refractivity contribution in [2.45, 2.75) is 19.9 Å². The highest BCUT2D eigenvalue weighted by molar-refractivity contribution is 5.86. The van der Waals surface area contributed by atoms with Crippen LogP contribution in [-0.4, -0.2) is 42.1 Å². The van der Waals surface area contributed by atoms with Crippen molar-refractivity contribution in [3.63, 3.8) is 0 Å². The van der Waals surface area contributed by atoms with Gasteiger partial charge in [0.05, 0.1) is 0 Å². The minimum absolute atomic E-state index is 0.133. The van der Waals surface area contributed by atoms with Gasteiger partial charge in [0, 0.05) is 20.0 Å². The molecule has 0 saturated heterocycles. The second-order valence-electron chi connectivity index (χ2n) is 2.95. The van der Waals surface area contributed by atoms with Crippen LogP contribution >= 0.6 is 0 Å². The fourth-order valence-corrected chi connectivity index (χ4v) is 0.879. The van der Waals surface area contributed by atoms with E-state index in [0.29, 0.717) is 0 Å². The number of carbonyl (C=O) groups is 3. The van der Waals surface area contributed by atoms with Gasteiger partial charge in [-0.25, -0.2) is 4.79 Å². The van der Waals surface area contributed by atoms with Crippen LogP contribution in [0.1, 0.15) is 13.8 Å². The van der Waals surface area contributed by atoms with Crippen molar-refractivity contribution >= 4 is 17.9 Å². The smallest absolute Gasteiger partial charge is 0.404 e. The normalized spacial score (nSPS) is 11.3. The van der Waals surface area contributed by atoms with Crippen molar-refractivity contribution in [1.29, 1.82) is 0 Å². The van der Waals surface area contributed by atoms with Gasteiger partial charge in [-0.2, -0.15) is 0 Å². The molecule has 0 saturated carbocycles. The largest absolute Gasteiger partial charge is 0.465 e. The first-order valence-corrected chi connectivity index (χ1v) is 4.45. The molecule has 0 spiro atoms. The summed E-state index contributed by atoms with van der Waals surface area (Å²) < 4.78 is 0. The lowest BCUT2D eigenvalue weighted by molar-refractivity contribution is -0.127. The Balaban J connectivity index is 3.64. The molecule has 86 valence electrons. The number of hydrogen-bond donors (Lipinski definition) is 4. The second-order valence-corrected chi connectivity index (χ2v) is 2.95. The lowest BCUT2D eigenvalue weighted by atomic mass is 10.3. The lowest BCUT2D eigenvalue weighted by Crippen LogP contribution is -2.45. The molecule has 0 aromatic rings. The Morgan fingerprint density at radius 3 is 2.20 bits per heavy atom. The Bertz CT molecular complexity index is 254. The number of amides is 3. The average molecular weight is 217 g/mol. The second kappa shape index (κ2) is 6.63. The van der Waals surface area contributed by atoms with Crippen LogP contribution in [0.5, 0.6) is 0 Å². The Kier molecular flexibility index (Phi) is 5.84. The van der Waals surface area contributed by atoms with Crippen LogP contribution in [-0.2, 0) is 9.59 Å². The molecule has 0 heterocycles. The van der Waals surface area contributed by atoms with Gasteiger partial charge in [0.15, 0.2) is 0 Å². The van der Waals surface area contributed by atoms with Crippen molar-refractivity contribution in [2.75, 3.05) is 13.1 Å². The summed E-state index contributed by atoms with van der Waals surface area (Å²) in [6, 6.07) is -0.618. The maximum atomic E-state index is 11.2. The number of nitrogens with one attached hydrogen (secondary N) is 3. The Morgan fingerprint density at radius 1 is 1.20 bits per heavy atom. The predicted octanol–water partition coefficient (Wildman–Crippen LogP) is -1.11. The van der Waals surface area contributed by atoms with E-state index < -0.39 is 12.1 Å². The van der Waals surface area contributed by atoms with Crippen molar-refractivity contribution in [2.24, 2.45) is 0 Å². The maximum Gasteiger partial charge on any atom is 0.404 e. The van der Waals surface area contributed by atoms with Crippen LogP contribution in [0.2, 0.25) is 0 Å². The summed E-state index contributed by atoms with van der Waals surface area (Å²) in [6.07, 6.45) is -1.14. The Morgan fingerprint density at radius 2 is 1.73 bits per heavy atom. The standard InChI is InChI=1S/C8H15N3O4/c1-5(11-6(2)12)7(13)9-3-4-10-8(14)15/h5,10H,3-4H2,1-2H3,(H,9,13)(H,11,12)(H,14,15). The number of rotatable bonds is 5. The van der Waals surface area contributed by atoms with Crippen molar-refractivity contribution in [3.05, 3.63) is 0 Å². The summed E-state index contributed by atoms with van der Waals surface area (Å²) >= 11 is 0. The van der Waals surface area contributed by atoms with Crippen LogP contribution < -0.4 is 16.0 Å². The first kappa shape index (κ1) is 13.2. The van der Waals surface area contributed by atoms with Gasteiger partial charge in [0.1, 0.15) is 6.04 Å². The van der Waals surface area contributed by atoms with Gasteiger partial charge in [-0.1, -0.05) is 0 Å². The lowest BCUT2D eigenvalue weighted by Gasteiger charge is -2.12. The van der Waals surface area contributed by atoms with Crippen LogP contribution in [0.25, 0.3) is 0 Å². The molecule has 1 atom stereocenters. The number of carboxylic acid groups (broad SMARTS) is 1.